The van der Waals surface area contributed by atoms with Crippen LogP contribution in [0.5, 0.6) is 0 Å². The van der Waals surface area contributed by atoms with Gasteiger partial charge in [0.1, 0.15) is 6.26 Å². The van der Waals surface area contributed by atoms with E-state index in [-0.39, 0.29) is 5.91 Å². The van der Waals surface area contributed by atoms with Crippen molar-refractivity contribution < 1.29 is 9.21 Å². The predicted molar refractivity (Wildman–Crippen MR) is 126 cm³/mol. The molecule has 172 valence electrons. The predicted octanol–water partition coefficient (Wildman–Crippen LogP) is 2.35. The molecule has 2 fully saturated rings. The minimum atomic E-state index is -0.0426. The number of nitrogens with zero attached hydrogens (tertiary/aromatic N) is 6. The average Bonchev–Trinajstić information content (AvgIpc) is 3.34. The van der Waals surface area contributed by atoms with Crippen LogP contribution in [0, 0.1) is 0 Å². The highest BCUT2D eigenvalue weighted by atomic mass is 16.3. The summed E-state index contributed by atoms with van der Waals surface area (Å²) in [6.07, 6.45) is 5.25. The molecular weight excluding hydrogens is 416 g/mol. The molecule has 3 aromatic rings. The van der Waals surface area contributed by atoms with Crippen LogP contribution < -0.4 is 4.90 Å². The lowest BCUT2D eigenvalue weighted by molar-refractivity contribution is 0.0740. The quantitative estimate of drug-likeness (QED) is 0.576. The number of para-hydroxylation sites is 1. The molecule has 4 heterocycles. The molecule has 0 radical (unpaired) electrons. The molecule has 0 N–H and O–H groups in total. The Morgan fingerprint density at radius 2 is 1.58 bits per heavy atom. The van der Waals surface area contributed by atoms with E-state index >= 15 is 0 Å². The van der Waals surface area contributed by atoms with E-state index in [0.717, 1.165) is 45.8 Å². The Morgan fingerprint density at radius 3 is 2.27 bits per heavy atom. The van der Waals surface area contributed by atoms with E-state index in [2.05, 4.69) is 42.9 Å². The van der Waals surface area contributed by atoms with Gasteiger partial charge in [0.05, 0.1) is 6.54 Å². The maximum atomic E-state index is 12.9. The molecule has 1 aromatic carbocycles. The lowest BCUT2D eigenvalue weighted by Gasteiger charge is -2.35. The van der Waals surface area contributed by atoms with Gasteiger partial charge in [-0.25, -0.2) is 4.98 Å². The van der Waals surface area contributed by atoms with Crippen molar-refractivity contribution in [3.8, 4) is 0 Å². The van der Waals surface area contributed by atoms with Gasteiger partial charge < -0.3 is 14.2 Å². The smallest absolute Gasteiger partial charge is 0.275 e. The summed E-state index contributed by atoms with van der Waals surface area (Å²) in [4.78, 5) is 30.6. The third-order valence-corrected chi connectivity index (χ3v) is 6.41. The first-order valence-corrected chi connectivity index (χ1v) is 11.6. The minimum absolute atomic E-state index is 0.0426. The number of aromatic nitrogens is 2. The second-order valence-corrected chi connectivity index (χ2v) is 8.65. The number of benzene rings is 1. The molecule has 8 nitrogen and oxygen atoms in total. The summed E-state index contributed by atoms with van der Waals surface area (Å²) in [5.41, 5.74) is 2.86. The van der Waals surface area contributed by atoms with Gasteiger partial charge in [0.15, 0.2) is 5.69 Å². The number of rotatable bonds is 6. The molecule has 5 rings (SSSR count). The maximum Gasteiger partial charge on any atom is 0.275 e. The van der Waals surface area contributed by atoms with Crippen LogP contribution in [0.2, 0.25) is 0 Å². The lowest BCUT2D eigenvalue weighted by atomic mass is 10.2. The van der Waals surface area contributed by atoms with Gasteiger partial charge in [-0.2, -0.15) is 0 Å². The van der Waals surface area contributed by atoms with E-state index in [4.69, 9.17) is 4.42 Å². The van der Waals surface area contributed by atoms with Crippen molar-refractivity contribution in [3.63, 3.8) is 0 Å². The second kappa shape index (κ2) is 10.1. The van der Waals surface area contributed by atoms with Crippen molar-refractivity contribution in [2.45, 2.75) is 13.1 Å². The molecule has 0 aliphatic carbocycles. The fourth-order valence-corrected chi connectivity index (χ4v) is 4.50. The standard InChI is InChI=1S/C25H30N6O2/c32-25(31-15-13-30(14-16-31)22-6-2-1-3-7-22)23-20-33-24(27-23)19-29-11-9-28(10-12-29)18-21-5-4-8-26-17-21/h1-8,17,20H,9-16,18-19H2. The second-order valence-electron chi connectivity index (χ2n) is 8.65. The van der Waals surface area contributed by atoms with E-state index in [1.165, 1.54) is 17.5 Å². The Bertz CT molecular complexity index is 1030. The number of carbonyl (C=O) groups excluding carboxylic acids is 1. The highest BCUT2D eigenvalue weighted by Gasteiger charge is 2.25. The molecule has 2 aliphatic heterocycles. The Morgan fingerprint density at radius 1 is 0.848 bits per heavy atom. The van der Waals surface area contributed by atoms with Crippen LogP contribution in [-0.4, -0.2) is 82.9 Å². The summed E-state index contributed by atoms with van der Waals surface area (Å²) in [7, 11) is 0. The van der Waals surface area contributed by atoms with E-state index in [1.807, 2.05) is 41.6 Å². The minimum Gasteiger partial charge on any atom is -0.447 e. The van der Waals surface area contributed by atoms with Gasteiger partial charge in [0.25, 0.3) is 5.91 Å². The van der Waals surface area contributed by atoms with Gasteiger partial charge in [-0.15, -0.1) is 0 Å². The first-order chi connectivity index (χ1) is 16.2. The fourth-order valence-electron chi connectivity index (χ4n) is 4.50. The van der Waals surface area contributed by atoms with Gasteiger partial charge in [-0.1, -0.05) is 24.3 Å². The Balaban J connectivity index is 1.09. The number of carbonyl (C=O) groups is 1. The fraction of sp³-hybridized carbons (Fsp3) is 0.400. The monoisotopic (exact) mass is 446 g/mol. The average molecular weight is 447 g/mol. The van der Waals surface area contributed by atoms with Crippen molar-refractivity contribution in [3.05, 3.63) is 78.3 Å². The summed E-state index contributed by atoms with van der Waals surface area (Å²) in [5, 5.41) is 0. The molecule has 8 heteroatoms. The summed E-state index contributed by atoms with van der Waals surface area (Å²) in [6, 6.07) is 14.4. The van der Waals surface area contributed by atoms with Gasteiger partial charge >= 0.3 is 0 Å². The number of anilines is 1. The summed E-state index contributed by atoms with van der Waals surface area (Å²) in [6.45, 7) is 8.48. The van der Waals surface area contributed by atoms with Crippen molar-refractivity contribution in [1.82, 2.24) is 24.7 Å². The molecule has 0 spiro atoms. The Labute approximate surface area is 194 Å². The van der Waals surface area contributed by atoms with Crippen LogP contribution in [-0.2, 0) is 13.1 Å². The van der Waals surface area contributed by atoms with Crippen molar-refractivity contribution in [2.75, 3.05) is 57.3 Å². The molecular formula is C25H30N6O2. The molecule has 2 saturated heterocycles. The third kappa shape index (κ3) is 5.40. The molecule has 33 heavy (non-hydrogen) atoms. The van der Waals surface area contributed by atoms with Crippen LogP contribution >= 0.6 is 0 Å². The zero-order valence-corrected chi connectivity index (χ0v) is 18.8. The molecule has 0 unspecified atom stereocenters. The van der Waals surface area contributed by atoms with Crippen LogP contribution in [0.4, 0.5) is 5.69 Å². The number of hydrogen-bond acceptors (Lipinski definition) is 7. The van der Waals surface area contributed by atoms with Gasteiger partial charge in [0.2, 0.25) is 5.89 Å². The molecule has 0 bridgehead atoms. The SMILES string of the molecule is O=C(c1coc(CN2CCN(Cc3cccnc3)CC2)n1)N1CCN(c2ccccc2)CC1. The van der Waals surface area contributed by atoms with Crippen LogP contribution in [0.25, 0.3) is 0 Å². The third-order valence-electron chi connectivity index (χ3n) is 6.41. The van der Waals surface area contributed by atoms with E-state index in [1.54, 1.807) is 0 Å². The highest BCUT2D eigenvalue weighted by Crippen LogP contribution is 2.17. The lowest BCUT2D eigenvalue weighted by Crippen LogP contribution is -2.48. The number of oxazole rings is 1. The van der Waals surface area contributed by atoms with Crippen LogP contribution in [0.3, 0.4) is 0 Å². The number of piperazine rings is 2. The van der Waals surface area contributed by atoms with E-state index < -0.39 is 0 Å². The van der Waals surface area contributed by atoms with Crippen molar-refractivity contribution in [2.24, 2.45) is 0 Å². The molecule has 0 saturated carbocycles. The molecule has 2 aromatic heterocycles. The highest BCUT2D eigenvalue weighted by molar-refractivity contribution is 5.92. The van der Waals surface area contributed by atoms with Crippen LogP contribution in [0.1, 0.15) is 21.9 Å². The zero-order valence-electron chi connectivity index (χ0n) is 18.8. The van der Waals surface area contributed by atoms with Gasteiger partial charge in [-0.3, -0.25) is 19.6 Å². The number of amides is 1. The maximum absolute atomic E-state index is 12.9. The number of hydrogen-bond donors (Lipinski definition) is 0. The first-order valence-electron chi connectivity index (χ1n) is 11.6. The molecule has 0 atom stereocenters. The normalized spacial score (nSPS) is 17.9. The summed E-state index contributed by atoms with van der Waals surface area (Å²) in [5.74, 6) is 0.570. The van der Waals surface area contributed by atoms with Crippen molar-refractivity contribution >= 4 is 11.6 Å². The Hall–Kier alpha value is -3.23. The zero-order chi connectivity index (χ0) is 22.5. The molecule has 2 aliphatic rings. The topological polar surface area (TPSA) is 69.0 Å². The number of pyridine rings is 1. The van der Waals surface area contributed by atoms with Crippen LogP contribution in [0.15, 0.2) is 65.5 Å². The Kier molecular flexibility index (Phi) is 6.64. The van der Waals surface area contributed by atoms with E-state index in [0.29, 0.717) is 31.2 Å². The summed E-state index contributed by atoms with van der Waals surface area (Å²) < 4.78 is 5.66. The van der Waals surface area contributed by atoms with E-state index in [9.17, 15) is 4.79 Å². The van der Waals surface area contributed by atoms with Crippen molar-refractivity contribution in [1.29, 1.82) is 0 Å². The van der Waals surface area contributed by atoms with Gasteiger partial charge in [-0.05, 0) is 23.8 Å². The summed E-state index contributed by atoms with van der Waals surface area (Å²) >= 11 is 0. The largest absolute Gasteiger partial charge is 0.447 e. The molecule has 1 amide bonds. The van der Waals surface area contributed by atoms with Gasteiger partial charge in [0, 0.05) is 77.0 Å². The first kappa shape index (κ1) is 21.6.